The molecule has 0 radical (unpaired) electrons. The van der Waals surface area contributed by atoms with Crippen molar-refractivity contribution in [1.82, 2.24) is 0 Å². The zero-order valence-corrected chi connectivity index (χ0v) is 9.78. The second-order valence-electron chi connectivity index (χ2n) is 2.81. The fourth-order valence-corrected chi connectivity index (χ4v) is 1.53. The maximum atomic E-state index is 11.8. The SMILES string of the molecule is O=[N+]([O-])c1cc(I)cc(OCC(F)(F)F)c1. The molecule has 88 valence electrons. The Morgan fingerprint density at radius 3 is 2.50 bits per heavy atom. The molecule has 0 unspecified atom stereocenters. The highest BCUT2D eigenvalue weighted by Crippen LogP contribution is 2.25. The molecule has 0 N–H and O–H groups in total. The summed E-state index contributed by atoms with van der Waals surface area (Å²) in [6.45, 7) is -1.47. The summed E-state index contributed by atoms with van der Waals surface area (Å²) in [7, 11) is 0. The van der Waals surface area contributed by atoms with Crippen molar-refractivity contribution in [3.63, 3.8) is 0 Å². The van der Waals surface area contributed by atoms with Gasteiger partial charge in [-0.05, 0) is 28.7 Å². The van der Waals surface area contributed by atoms with Crippen LogP contribution in [0.4, 0.5) is 18.9 Å². The standard InChI is InChI=1S/C8H5F3INO3/c9-8(10,11)4-16-7-2-5(12)1-6(3-7)13(14)15/h1-3H,4H2. The van der Waals surface area contributed by atoms with Gasteiger partial charge in [0.2, 0.25) is 0 Å². The van der Waals surface area contributed by atoms with Crippen LogP contribution >= 0.6 is 22.6 Å². The van der Waals surface area contributed by atoms with Crippen molar-refractivity contribution in [1.29, 1.82) is 0 Å². The predicted octanol–water partition coefficient (Wildman–Crippen LogP) is 3.14. The lowest BCUT2D eigenvalue weighted by Crippen LogP contribution is -2.19. The highest BCUT2D eigenvalue weighted by atomic mass is 127. The summed E-state index contributed by atoms with van der Waals surface area (Å²) < 4.78 is 40.4. The van der Waals surface area contributed by atoms with Crippen molar-refractivity contribution < 1.29 is 22.8 Å². The summed E-state index contributed by atoms with van der Waals surface area (Å²) in [5.74, 6) is -0.170. The summed E-state index contributed by atoms with van der Waals surface area (Å²) in [5, 5.41) is 10.4. The van der Waals surface area contributed by atoms with Crippen LogP contribution in [0.15, 0.2) is 18.2 Å². The third-order valence-corrected chi connectivity index (χ3v) is 2.09. The smallest absolute Gasteiger partial charge is 0.422 e. The Morgan fingerprint density at radius 1 is 1.38 bits per heavy atom. The van der Waals surface area contributed by atoms with Crippen molar-refractivity contribution >= 4 is 28.3 Å². The van der Waals surface area contributed by atoms with Gasteiger partial charge < -0.3 is 4.74 Å². The zero-order valence-electron chi connectivity index (χ0n) is 7.62. The Kier molecular flexibility index (Phi) is 3.94. The molecule has 0 fully saturated rings. The minimum Gasteiger partial charge on any atom is -0.484 e. The van der Waals surface area contributed by atoms with E-state index in [0.29, 0.717) is 3.57 Å². The van der Waals surface area contributed by atoms with Gasteiger partial charge in [-0.25, -0.2) is 0 Å². The van der Waals surface area contributed by atoms with E-state index >= 15 is 0 Å². The number of ether oxygens (including phenoxy) is 1. The molecule has 0 saturated carbocycles. The van der Waals surface area contributed by atoms with Gasteiger partial charge in [0.25, 0.3) is 5.69 Å². The lowest BCUT2D eigenvalue weighted by atomic mass is 10.3. The van der Waals surface area contributed by atoms with Gasteiger partial charge >= 0.3 is 6.18 Å². The lowest BCUT2D eigenvalue weighted by Gasteiger charge is -2.09. The number of non-ortho nitro benzene ring substituents is 1. The molecular formula is C8H5F3INO3. The summed E-state index contributed by atoms with van der Waals surface area (Å²) in [5.41, 5.74) is -0.302. The monoisotopic (exact) mass is 347 g/mol. The number of nitrogens with zero attached hydrogens (tertiary/aromatic N) is 1. The van der Waals surface area contributed by atoms with Crippen molar-refractivity contribution in [2.24, 2.45) is 0 Å². The Labute approximate surface area is 102 Å². The molecule has 0 aliphatic rings. The van der Waals surface area contributed by atoms with Gasteiger partial charge in [-0.1, -0.05) is 0 Å². The van der Waals surface area contributed by atoms with E-state index in [-0.39, 0.29) is 11.4 Å². The number of alkyl halides is 3. The highest BCUT2D eigenvalue weighted by Gasteiger charge is 2.28. The van der Waals surface area contributed by atoms with Crippen LogP contribution in [-0.2, 0) is 0 Å². The van der Waals surface area contributed by atoms with Crippen LogP contribution in [-0.4, -0.2) is 17.7 Å². The molecule has 0 amide bonds. The molecule has 16 heavy (non-hydrogen) atoms. The molecule has 0 spiro atoms. The molecule has 0 aromatic heterocycles. The average Bonchev–Trinajstić information content (AvgIpc) is 2.13. The van der Waals surface area contributed by atoms with E-state index in [1.54, 1.807) is 22.6 Å². The van der Waals surface area contributed by atoms with E-state index in [0.717, 1.165) is 6.07 Å². The van der Waals surface area contributed by atoms with Crippen LogP contribution in [0.1, 0.15) is 0 Å². The quantitative estimate of drug-likeness (QED) is 0.480. The van der Waals surface area contributed by atoms with E-state index in [1.165, 1.54) is 12.1 Å². The number of hydrogen-bond acceptors (Lipinski definition) is 3. The van der Waals surface area contributed by atoms with Crippen LogP contribution in [0.5, 0.6) is 5.75 Å². The first-order chi connectivity index (χ1) is 7.28. The largest absolute Gasteiger partial charge is 0.484 e. The summed E-state index contributed by atoms with van der Waals surface area (Å²) in [4.78, 5) is 9.74. The predicted molar refractivity (Wildman–Crippen MR) is 57.4 cm³/mol. The molecule has 0 saturated heterocycles. The number of hydrogen-bond donors (Lipinski definition) is 0. The lowest BCUT2D eigenvalue weighted by molar-refractivity contribution is -0.385. The Hall–Kier alpha value is -1.06. The number of rotatable bonds is 3. The molecule has 0 bridgehead atoms. The van der Waals surface area contributed by atoms with Crippen LogP contribution in [0.25, 0.3) is 0 Å². The second kappa shape index (κ2) is 4.85. The number of benzene rings is 1. The molecule has 4 nitrogen and oxygen atoms in total. The maximum Gasteiger partial charge on any atom is 0.422 e. The van der Waals surface area contributed by atoms with Crippen LogP contribution in [0.3, 0.4) is 0 Å². The molecule has 0 atom stereocenters. The molecule has 0 heterocycles. The fraction of sp³-hybridized carbons (Fsp3) is 0.250. The van der Waals surface area contributed by atoms with E-state index in [2.05, 4.69) is 4.74 Å². The van der Waals surface area contributed by atoms with E-state index < -0.39 is 17.7 Å². The van der Waals surface area contributed by atoms with E-state index in [1.807, 2.05) is 0 Å². The Bertz CT molecular complexity index is 408. The van der Waals surface area contributed by atoms with Crippen LogP contribution in [0, 0.1) is 13.7 Å². The van der Waals surface area contributed by atoms with Crippen LogP contribution in [0.2, 0.25) is 0 Å². The maximum absolute atomic E-state index is 11.8. The first-order valence-corrected chi connectivity index (χ1v) is 5.00. The number of halogens is 4. The minimum atomic E-state index is -4.46. The minimum absolute atomic E-state index is 0.170. The van der Waals surface area contributed by atoms with E-state index in [4.69, 9.17) is 0 Å². The van der Waals surface area contributed by atoms with Gasteiger partial charge in [0, 0.05) is 9.64 Å². The normalized spacial score (nSPS) is 11.2. The first kappa shape index (κ1) is 13.0. The molecule has 0 aliphatic carbocycles. The van der Waals surface area contributed by atoms with Crippen molar-refractivity contribution in [2.75, 3.05) is 6.61 Å². The summed E-state index contributed by atoms with van der Waals surface area (Å²) in [6, 6.07) is 3.48. The average molecular weight is 347 g/mol. The fourth-order valence-electron chi connectivity index (χ4n) is 0.902. The first-order valence-electron chi connectivity index (χ1n) is 3.92. The van der Waals surface area contributed by atoms with Gasteiger partial charge in [0.15, 0.2) is 6.61 Å². The van der Waals surface area contributed by atoms with Gasteiger partial charge in [0.1, 0.15) is 5.75 Å². The Balaban J connectivity index is 2.85. The van der Waals surface area contributed by atoms with Gasteiger partial charge in [-0.2, -0.15) is 13.2 Å². The molecular weight excluding hydrogens is 342 g/mol. The summed E-state index contributed by atoms with van der Waals surface area (Å²) >= 11 is 1.76. The number of nitro benzene ring substituents is 1. The zero-order chi connectivity index (χ0) is 12.3. The Morgan fingerprint density at radius 2 is 2.00 bits per heavy atom. The van der Waals surface area contributed by atoms with Gasteiger partial charge in [-0.3, -0.25) is 10.1 Å². The molecule has 1 rings (SSSR count). The molecule has 0 aliphatic heterocycles. The third-order valence-electron chi connectivity index (χ3n) is 1.47. The van der Waals surface area contributed by atoms with Gasteiger partial charge in [-0.15, -0.1) is 0 Å². The van der Waals surface area contributed by atoms with Crippen molar-refractivity contribution in [3.05, 3.63) is 31.9 Å². The summed E-state index contributed by atoms with van der Waals surface area (Å²) in [6.07, 6.45) is -4.46. The van der Waals surface area contributed by atoms with Crippen molar-refractivity contribution in [3.8, 4) is 5.75 Å². The van der Waals surface area contributed by atoms with Gasteiger partial charge in [0.05, 0.1) is 11.0 Å². The molecule has 1 aromatic carbocycles. The number of nitro groups is 1. The molecule has 1 aromatic rings. The third kappa shape index (κ3) is 4.21. The highest BCUT2D eigenvalue weighted by molar-refractivity contribution is 14.1. The molecule has 8 heteroatoms. The van der Waals surface area contributed by atoms with E-state index in [9.17, 15) is 23.3 Å². The van der Waals surface area contributed by atoms with Crippen molar-refractivity contribution in [2.45, 2.75) is 6.18 Å². The second-order valence-corrected chi connectivity index (χ2v) is 4.05. The van der Waals surface area contributed by atoms with Crippen LogP contribution < -0.4 is 4.74 Å². The topological polar surface area (TPSA) is 52.4 Å².